The van der Waals surface area contributed by atoms with E-state index in [0.29, 0.717) is 6.54 Å². The van der Waals surface area contributed by atoms with Crippen LogP contribution in [0.5, 0.6) is 0 Å². The Balaban J connectivity index is 2.34. The predicted molar refractivity (Wildman–Crippen MR) is 57.5 cm³/mol. The summed E-state index contributed by atoms with van der Waals surface area (Å²) in [5.41, 5.74) is 6.03. The smallest absolute Gasteiger partial charge is 0.227 e. The van der Waals surface area contributed by atoms with Crippen LogP contribution < -0.4 is 11.1 Å². The fourth-order valence-corrected chi connectivity index (χ4v) is 1.04. The molecule has 0 spiro atoms. The van der Waals surface area contributed by atoms with Crippen molar-refractivity contribution < 1.29 is 4.79 Å². The molecule has 1 amide bonds. The maximum Gasteiger partial charge on any atom is 0.227 e. The number of nitrogens with zero attached hydrogens (tertiary/aromatic N) is 1. The molecular weight excluding hydrogens is 198 g/mol. The van der Waals surface area contributed by atoms with E-state index in [4.69, 9.17) is 5.73 Å². The summed E-state index contributed by atoms with van der Waals surface area (Å²) in [5, 5.41) is 2.66. The Kier molecular flexibility index (Phi) is 4.00. The Hall–Kier alpha value is -1.49. The summed E-state index contributed by atoms with van der Waals surface area (Å²) in [4.78, 5) is 15.4. The third kappa shape index (κ3) is 3.95. The number of pyridine rings is 1. The van der Waals surface area contributed by atoms with E-state index in [-0.39, 0.29) is 17.3 Å². The van der Waals surface area contributed by atoms with Gasteiger partial charge in [-0.3, -0.25) is 9.78 Å². The van der Waals surface area contributed by atoms with Crippen LogP contribution in [-0.2, 0) is 11.3 Å². The zero-order valence-corrected chi connectivity index (χ0v) is 8.38. The maximum absolute atomic E-state index is 11.1. The average molecular weight is 209 g/mol. The highest BCUT2D eigenvalue weighted by molar-refractivity contribution is 7.80. The zero-order chi connectivity index (χ0) is 10.4. The minimum absolute atomic E-state index is 0.0855. The molecule has 3 N–H and O–H groups in total. The first-order valence-electron chi connectivity index (χ1n) is 4.13. The summed E-state index contributed by atoms with van der Waals surface area (Å²) in [5.74, 6) is -0.178. The van der Waals surface area contributed by atoms with Crippen molar-refractivity contribution in [2.45, 2.75) is 13.0 Å². The van der Waals surface area contributed by atoms with Crippen LogP contribution in [0.25, 0.3) is 0 Å². The number of carbonyl (C=O) groups excluding carboxylic acids is 1. The van der Waals surface area contributed by atoms with Crippen LogP contribution in [-0.4, -0.2) is 15.9 Å². The predicted octanol–water partition coefficient (Wildman–Crippen LogP) is 0.374. The lowest BCUT2D eigenvalue weighted by Crippen LogP contribution is -2.27. The lowest BCUT2D eigenvalue weighted by molar-refractivity contribution is -0.120. The molecule has 74 valence electrons. The van der Waals surface area contributed by atoms with Gasteiger partial charge in [-0.15, -0.1) is 0 Å². The van der Waals surface area contributed by atoms with Gasteiger partial charge in [0.2, 0.25) is 5.91 Å². The SMILES string of the molecule is NC(=S)CC(=O)NCc1ccccn1. The van der Waals surface area contributed by atoms with Gasteiger partial charge in [0.15, 0.2) is 0 Å². The molecule has 0 fully saturated rings. The molecule has 0 radical (unpaired) electrons. The highest BCUT2D eigenvalue weighted by atomic mass is 32.1. The average Bonchev–Trinajstić information content (AvgIpc) is 2.15. The molecule has 0 saturated heterocycles. The number of hydrogen-bond donors (Lipinski definition) is 2. The molecule has 1 heterocycles. The van der Waals surface area contributed by atoms with E-state index in [2.05, 4.69) is 22.5 Å². The van der Waals surface area contributed by atoms with Crippen LogP contribution in [0.4, 0.5) is 0 Å². The van der Waals surface area contributed by atoms with Crippen LogP contribution >= 0.6 is 12.2 Å². The minimum atomic E-state index is -0.178. The Morgan fingerprint density at radius 2 is 2.36 bits per heavy atom. The van der Waals surface area contributed by atoms with Crippen molar-refractivity contribution in [2.24, 2.45) is 5.73 Å². The molecule has 0 aliphatic carbocycles. The number of hydrogen-bond acceptors (Lipinski definition) is 3. The highest BCUT2D eigenvalue weighted by Crippen LogP contribution is 1.92. The van der Waals surface area contributed by atoms with Crippen molar-refractivity contribution in [3.8, 4) is 0 Å². The van der Waals surface area contributed by atoms with Crippen LogP contribution in [0.15, 0.2) is 24.4 Å². The van der Waals surface area contributed by atoms with Crippen molar-refractivity contribution in [1.29, 1.82) is 0 Å². The van der Waals surface area contributed by atoms with Gasteiger partial charge in [0.1, 0.15) is 0 Å². The Morgan fingerprint density at radius 3 is 2.93 bits per heavy atom. The lowest BCUT2D eigenvalue weighted by atomic mass is 10.3. The number of amides is 1. The molecule has 5 heteroatoms. The van der Waals surface area contributed by atoms with E-state index < -0.39 is 0 Å². The summed E-state index contributed by atoms with van der Waals surface area (Å²) in [6.07, 6.45) is 1.76. The molecule has 0 unspecified atom stereocenters. The first-order valence-corrected chi connectivity index (χ1v) is 4.54. The molecule has 1 rings (SSSR count). The number of aromatic nitrogens is 1. The second kappa shape index (κ2) is 5.29. The number of nitrogens with two attached hydrogens (primary N) is 1. The summed E-state index contributed by atoms with van der Waals surface area (Å²) in [6.45, 7) is 0.405. The molecular formula is C9H11N3OS. The Bertz CT molecular complexity index is 326. The number of carbonyl (C=O) groups is 1. The molecule has 1 aromatic rings. The largest absolute Gasteiger partial charge is 0.393 e. The van der Waals surface area contributed by atoms with E-state index in [1.165, 1.54) is 0 Å². The van der Waals surface area contributed by atoms with E-state index >= 15 is 0 Å². The van der Waals surface area contributed by atoms with E-state index in [0.717, 1.165) is 5.69 Å². The Morgan fingerprint density at radius 1 is 1.57 bits per heavy atom. The molecule has 1 aromatic heterocycles. The Labute approximate surface area is 87.5 Å². The van der Waals surface area contributed by atoms with Crippen molar-refractivity contribution in [2.75, 3.05) is 0 Å². The van der Waals surface area contributed by atoms with Gasteiger partial charge in [-0.05, 0) is 12.1 Å². The first kappa shape index (κ1) is 10.6. The number of nitrogens with one attached hydrogen (secondary N) is 1. The quantitative estimate of drug-likeness (QED) is 0.703. The first-order chi connectivity index (χ1) is 6.68. The highest BCUT2D eigenvalue weighted by Gasteiger charge is 2.02. The molecule has 0 aliphatic heterocycles. The van der Waals surface area contributed by atoms with Gasteiger partial charge in [-0.25, -0.2) is 0 Å². The van der Waals surface area contributed by atoms with Crippen molar-refractivity contribution in [1.82, 2.24) is 10.3 Å². The summed E-state index contributed by atoms with van der Waals surface area (Å²) in [7, 11) is 0. The van der Waals surface area contributed by atoms with Crippen LogP contribution in [0.3, 0.4) is 0 Å². The van der Waals surface area contributed by atoms with E-state index in [1.807, 2.05) is 18.2 Å². The van der Waals surface area contributed by atoms with Gasteiger partial charge in [-0.1, -0.05) is 18.3 Å². The second-order valence-electron chi connectivity index (χ2n) is 2.74. The van der Waals surface area contributed by atoms with Crippen LogP contribution in [0.2, 0.25) is 0 Å². The standard InChI is InChI=1S/C9H11N3OS/c10-8(14)5-9(13)12-6-7-3-1-2-4-11-7/h1-4H,5-6H2,(H2,10,14)(H,12,13). The van der Waals surface area contributed by atoms with Crippen LogP contribution in [0.1, 0.15) is 12.1 Å². The third-order valence-electron chi connectivity index (χ3n) is 1.53. The minimum Gasteiger partial charge on any atom is -0.393 e. The van der Waals surface area contributed by atoms with Gasteiger partial charge in [-0.2, -0.15) is 0 Å². The van der Waals surface area contributed by atoms with Gasteiger partial charge < -0.3 is 11.1 Å². The summed E-state index contributed by atoms with van der Waals surface area (Å²) < 4.78 is 0. The molecule has 0 atom stereocenters. The summed E-state index contributed by atoms with van der Waals surface area (Å²) in [6, 6.07) is 5.52. The monoisotopic (exact) mass is 209 g/mol. The second-order valence-corrected chi connectivity index (χ2v) is 3.27. The molecule has 14 heavy (non-hydrogen) atoms. The number of thiocarbonyl (C=S) groups is 1. The molecule has 4 nitrogen and oxygen atoms in total. The van der Waals surface area contributed by atoms with Gasteiger partial charge in [0.05, 0.1) is 23.6 Å². The maximum atomic E-state index is 11.1. The molecule has 0 aromatic carbocycles. The van der Waals surface area contributed by atoms with Gasteiger partial charge >= 0.3 is 0 Å². The van der Waals surface area contributed by atoms with E-state index in [9.17, 15) is 4.79 Å². The van der Waals surface area contributed by atoms with E-state index in [1.54, 1.807) is 6.20 Å². The van der Waals surface area contributed by atoms with Crippen LogP contribution in [0, 0.1) is 0 Å². The van der Waals surface area contributed by atoms with Crippen molar-refractivity contribution >= 4 is 23.1 Å². The van der Waals surface area contributed by atoms with Crippen molar-refractivity contribution in [3.05, 3.63) is 30.1 Å². The van der Waals surface area contributed by atoms with Gasteiger partial charge in [0.25, 0.3) is 0 Å². The topological polar surface area (TPSA) is 68.0 Å². The van der Waals surface area contributed by atoms with Gasteiger partial charge in [0, 0.05) is 6.20 Å². The third-order valence-corrected chi connectivity index (χ3v) is 1.67. The molecule has 0 saturated carbocycles. The molecule has 0 bridgehead atoms. The van der Waals surface area contributed by atoms with Crippen molar-refractivity contribution in [3.63, 3.8) is 0 Å². The zero-order valence-electron chi connectivity index (χ0n) is 7.56. The molecule has 0 aliphatic rings. The lowest BCUT2D eigenvalue weighted by Gasteiger charge is -2.03. The number of rotatable bonds is 4. The fourth-order valence-electron chi connectivity index (χ4n) is 0.913. The summed E-state index contributed by atoms with van der Waals surface area (Å²) >= 11 is 4.60. The fraction of sp³-hybridized carbons (Fsp3) is 0.222. The normalized spacial score (nSPS) is 9.43.